The van der Waals surface area contributed by atoms with Crippen LogP contribution in [0.3, 0.4) is 0 Å². The second-order valence-electron chi connectivity index (χ2n) is 10.5. The summed E-state index contributed by atoms with van der Waals surface area (Å²) in [7, 11) is 7.26. The third kappa shape index (κ3) is 4.51. The van der Waals surface area contributed by atoms with E-state index in [-0.39, 0.29) is 0 Å². The second kappa shape index (κ2) is 11.0. The first-order valence-electron chi connectivity index (χ1n) is 13.9. The number of hydrogen-bond donors (Lipinski definition) is 0. The smallest absolute Gasteiger partial charge is 0.220 e. The predicted molar refractivity (Wildman–Crippen MR) is 161 cm³/mol. The van der Waals surface area contributed by atoms with Gasteiger partial charge in [0.1, 0.15) is 12.8 Å². The largest absolute Gasteiger partial charge is 0.496 e. The molecule has 1 aliphatic heterocycles. The van der Waals surface area contributed by atoms with Gasteiger partial charge in [0.05, 0.1) is 50.7 Å². The van der Waals surface area contributed by atoms with Gasteiger partial charge in [-0.3, -0.25) is 4.90 Å². The molecule has 1 aliphatic rings. The van der Waals surface area contributed by atoms with E-state index in [1.807, 2.05) is 0 Å². The van der Waals surface area contributed by atoms with Crippen LogP contribution in [0.25, 0.3) is 43.6 Å². The van der Waals surface area contributed by atoms with Crippen molar-refractivity contribution >= 4 is 32.4 Å². The lowest BCUT2D eigenvalue weighted by molar-refractivity contribution is -0.642. The normalized spacial score (nSPS) is 14.2. The number of morpholine rings is 1. The third-order valence-electron chi connectivity index (χ3n) is 8.35. The zero-order valence-electron chi connectivity index (χ0n) is 24.0. The maximum Gasteiger partial charge on any atom is 0.220 e. The number of methoxy groups -OCH3 is 3. The lowest BCUT2D eigenvalue weighted by Crippen LogP contribution is -2.37. The first-order valence-corrected chi connectivity index (χ1v) is 13.9. The van der Waals surface area contributed by atoms with Crippen LogP contribution < -0.4 is 18.8 Å². The van der Waals surface area contributed by atoms with E-state index in [1.54, 1.807) is 21.3 Å². The summed E-state index contributed by atoms with van der Waals surface area (Å²) in [5.74, 6) is 2.37. The molecule has 6 nitrogen and oxygen atoms in total. The average molecular weight is 538 g/mol. The van der Waals surface area contributed by atoms with E-state index >= 15 is 0 Å². The van der Waals surface area contributed by atoms with Crippen molar-refractivity contribution in [3.05, 3.63) is 71.9 Å². The molecule has 0 bridgehead atoms. The molecule has 0 radical (unpaired) electrons. The van der Waals surface area contributed by atoms with Gasteiger partial charge in [-0.25, -0.2) is 0 Å². The molecule has 0 unspecified atom stereocenters. The number of aryl methyl sites for hydroxylation is 2. The Morgan fingerprint density at radius 1 is 0.775 bits per heavy atom. The molecule has 4 aromatic carbocycles. The van der Waals surface area contributed by atoms with Crippen molar-refractivity contribution < 1.29 is 23.5 Å². The molecule has 5 aromatic rings. The first-order chi connectivity index (χ1) is 19.5. The fraction of sp³-hybridized carbons (Fsp3) is 0.324. The molecule has 2 heterocycles. The van der Waals surface area contributed by atoms with Crippen molar-refractivity contribution in [1.29, 1.82) is 0 Å². The first kappa shape index (κ1) is 26.4. The average Bonchev–Trinajstić information content (AvgIpc) is 3.00. The predicted octanol–water partition coefficient (Wildman–Crippen LogP) is 5.85. The number of fused-ring (bicyclic) bond motifs is 5. The molecule has 0 spiro atoms. The summed E-state index contributed by atoms with van der Waals surface area (Å²) in [6.45, 7) is 6.85. The molecule has 1 aromatic heterocycles. The van der Waals surface area contributed by atoms with E-state index in [9.17, 15) is 0 Å². The molecule has 0 aliphatic carbocycles. The van der Waals surface area contributed by atoms with E-state index in [4.69, 9.17) is 18.9 Å². The van der Waals surface area contributed by atoms with Crippen LogP contribution in [0.5, 0.6) is 17.2 Å². The SMILES string of the molecule is COc1cc2c(ccc3c4ccc(OC)c(C)c4c[n+](C)c23)c(-c2ccc(CCN3CCOCC3)cc2)c1OC. The molecule has 6 rings (SSSR count). The Balaban J connectivity index is 1.50. The van der Waals surface area contributed by atoms with Gasteiger partial charge in [0.25, 0.3) is 0 Å². The highest BCUT2D eigenvalue weighted by Gasteiger charge is 2.23. The Morgan fingerprint density at radius 2 is 1.48 bits per heavy atom. The third-order valence-corrected chi connectivity index (χ3v) is 8.35. The van der Waals surface area contributed by atoms with Crippen LogP contribution in [0, 0.1) is 6.92 Å². The molecule has 0 N–H and O–H groups in total. The minimum atomic E-state index is 0.722. The highest BCUT2D eigenvalue weighted by molar-refractivity contribution is 6.17. The fourth-order valence-electron chi connectivity index (χ4n) is 6.19. The number of pyridine rings is 1. The lowest BCUT2D eigenvalue weighted by atomic mass is 9.92. The maximum atomic E-state index is 5.98. The van der Waals surface area contributed by atoms with Crippen LogP contribution in [-0.4, -0.2) is 59.1 Å². The van der Waals surface area contributed by atoms with Gasteiger partial charge < -0.3 is 18.9 Å². The molecule has 40 heavy (non-hydrogen) atoms. The zero-order chi connectivity index (χ0) is 27.8. The number of benzene rings is 4. The fourth-order valence-corrected chi connectivity index (χ4v) is 6.19. The van der Waals surface area contributed by atoms with Crippen LogP contribution in [0.1, 0.15) is 11.1 Å². The summed E-state index contributed by atoms with van der Waals surface area (Å²) in [4.78, 5) is 2.47. The van der Waals surface area contributed by atoms with Gasteiger partial charge in [-0.2, -0.15) is 4.57 Å². The Labute approximate surface area is 235 Å². The van der Waals surface area contributed by atoms with Crippen molar-refractivity contribution in [2.75, 3.05) is 54.2 Å². The van der Waals surface area contributed by atoms with E-state index in [0.29, 0.717) is 0 Å². The van der Waals surface area contributed by atoms with Gasteiger partial charge in [-0.05, 0) is 48.7 Å². The number of rotatable bonds is 7. The van der Waals surface area contributed by atoms with Crippen LogP contribution in [0.4, 0.5) is 0 Å². The van der Waals surface area contributed by atoms with Crippen molar-refractivity contribution in [2.45, 2.75) is 13.3 Å². The van der Waals surface area contributed by atoms with Crippen molar-refractivity contribution in [3.8, 4) is 28.4 Å². The Bertz CT molecular complexity index is 1710. The van der Waals surface area contributed by atoms with Gasteiger partial charge in [-0.1, -0.05) is 30.3 Å². The second-order valence-corrected chi connectivity index (χ2v) is 10.5. The van der Waals surface area contributed by atoms with Crippen molar-refractivity contribution in [1.82, 2.24) is 4.90 Å². The van der Waals surface area contributed by atoms with E-state index in [1.165, 1.54) is 21.7 Å². The number of ether oxygens (including phenoxy) is 4. The minimum absolute atomic E-state index is 0.722. The molecule has 0 amide bonds. The molecular formula is C34H37N2O4+. The summed E-state index contributed by atoms with van der Waals surface area (Å²) in [5, 5.41) is 5.83. The molecule has 1 saturated heterocycles. The number of nitrogens with zero attached hydrogens (tertiary/aromatic N) is 2. The Hall–Kier alpha value is -3.87. The molecule has 0 saturated carbocycles. The zero-order valence-corrected chi connectivity index (χ0v) is 24.0. The summed E-state index contributed by atoms with van der Waals surface area (Å²) in [6, 6.07) is 19.7. The van der Waals surface area contributed by atoms with Crippen LogP contribution in [-0.2, 0) is 18.2 Å². The van der Waals surface area contributed by atoms with Crippen molar-refractivity contribution in [3.63, 3.8) is 0 Å². The summed E-state index contributed by atoms with van der Waals surface area (Å²) in [5.41, 5.74) is 5.78. The van der Waals surface area contributed by atoms with Gasteiger partial charge in [0.15, 0.2) is 17.7 Å². The van der Waals surface area contributed by atoms with E-state index in [2.05, 4.69) is 84.2 Å². The Kier molecular flexibility index (Phi) is 7.22. The summed E-state index contributed by atoms with van der Waals surface area (Å²) in [6.07, 6.45) is 3.22. The Morgan fingerprint density at radius 3 is 2.17 bits per heavy atom. The van der Waals surface area contributed by atoms with Crippen LogP contribution in [0.2, 0.25) is 0 Å². The summed E-state index contributed by atoms with van der Waals surface area (Å²) < 4.78 is 25.2. The van der Waals surface area contributed by atoms with Crippen LogP contribution in [0.15, 0.2) is 60.8 Å². The van der Waals surface area contributed by atoms with Gasteiger partial charge in [0, 0.05) is 41.5 Å². The number of hydrogen-bond acceptors (Lipinski definition) is 5. The quantitative estimate of drug-likeness (QED) is 0.193. The maximum absolute atomic E-state index is 5.98. The highest BCUT2D eigenvalue weighted by Crippen LogP contribution is 2.46. The molecule has 0 atom stereocenters. The van der Waals surface area contributed by atoms with Gasteiger partial charge in [0.2, 0.25) is 5.52 Å². The standard InChI is InChI=1S/C34H37N2O4/c1-22-29-21-35(2)33-27(25(29)12-13-30(22)37-3)11-10-26-28(33)20-31(38-4)34(39-5)32(26)24-8-6-23(7-9-24)14-15-36-16-18-40-19-17-36/h6-13,20-21H,14-19H2,1-5H3/q+1. The van der Waals surface area contributed by atoms with Crippen LogP contribution >= 0.6 is 0 Å². The molecule has 206 valence electrons. The topological polar surface area (TPSA) is 44.0 Å². The van der Waals surface area contributed by atoms with Gasteiger partial charge in [-0.15, -0.1) is 0 Å². The molecule has 1 fully saturated rings. The molecular weight excluding hydrogens is 500 g/mol. The van der Waals surface area contributed by atoms with E-state index < -0.39 is 0 Å². The minimum Gasteiger partial charge on any atom is -0.496 e. The monoisotopic (exact) mass is 537 g/mol. The molecule has 6 heteroatoms. The van der Waals surface area contributed by atoms with E-state index in [0.717, 1.165) is 89.5 Å². The van der Waals surface area contributed by atoms with Gasteiger partial charge >= 0.3 is 0 Å². The highest BCUT2D eigenvalue weighted by atomic mass is 16.5. The number of aromatic nitrogens is 1. The lowest BCUT2D eigenvalue weighted by Gasteiger charge is -2.26. The summed E-state index contributed by atoms with van der Waals surface area (Å²) >= 11 is 0. The van der Waals surface area contributed by atoms with Crippen molar-refractivity contribution in [2.24, 2.45) is 7.05 Å².